The highest BCUT2D eigenvalue weighted by Crippen LogP contribution is 2.29. The number of carbonyl (C=O) groups is 2. The van der Waals surface area contributed by atoms with E-state index in [-0.39, 0.29) is 17.9 Å². The van der Waals surface area contributed by atoms with Gasteiger partial charge in [0.1, 0.15) is 0 Å². The Labute approximate surface area is 164 Å². The molecular formula is C23H21N3O2. The fraction of sp³-hybridized carbons (Fsp3) is 0.174. The van der Waals surface area contributed by atoms with E-state index in [1.165, 1.54) is 6.92 Å². The van der Waals surface area contributed by atoms with Crippen molar-refractivity contribution in [2.45, 2.75) is 19.4 Å². The highest BCUT2D eigenvalue weighted by molar-refractivity contribution is 6.07. The first-order valence-corrected chi connectivity index (χ1v) is 9.29. The molecule has 0 saturated heterocycles. The van der Waals surface area contributed by atoms with Crippen LogP contribution in [0.3, 0.4) is 0 Å². The number of amides is 2. The Morgan fingerprint density at radius 3 is 2.54 bits per heavy atom. The van der Waals surface area contributed by atoms with E-state index in [9.17, 15) is 9.59 Å². The van der Waals surface area contributed by atoms with Crippen LogP contribution in [-0.2, 0) is 11.2 Å². The normalized spacial score (nSPS) is 15.6. The van der Waals surface area contributed by atoms with Crippen molar-refractivity contribution in [3.05, 3.63) is 84.2 Å². The number of nitrogens with zero attached hydrogens (tertiary/aromatic N) is 2. The van der Waals surface area contributed by atoms with Crippen molar-refractivity contribution >= 4 is 17.5 Å². The molecule has 3 aromatic rings. The number of anilines is 1. The lowest BCUT2D eigenvalue weighted by atomic mass is 9.96. The molecule has 0 bridgehead atoms. The predicted molar refractivity (Wildman–Crippen MR) is 109 cm³/mol. The summed E-state index contributed by atoms with van der Waals surface area (Å²) >= 11 is 0. The molecule has 2 aromatic carbocycles. The molecule has 5 nitrogen and oxygen atoms in total. The van der Waals surface area contributed by atoms with Crippen LogP contribution < -0.4 is 10.2 Å². The van der Waals surface area contributed by atoms with Crippen LogP contribution in [0.15, 0.2) is 73.1 Å². The zero-order valence-electron chi connectivity index (χ0n) is 15.6. The van der Waals surface area contributed by atoms with E-state index in [0.717, 1.165) is 22.4 Å². The van der Waals surface area contributed by atoms with Gasteiger partial charge in [0.15, 0.2) is 0 Å². The monoisotopic (exact) mass is 371 g/mol. The summed E-state index contributed by atoms with van der Waals surface area (Å²) in [7, 11) is 0. The molecule has 1 atom stereocenters. The molecule has 2 amide bonds. The van der Waals surface area contributed by atoms with Crippen LogP contribution in [-0.4, -0.2) is 29.4 Å². The predicted octanol–water partition coefficient (Wildman–Crippen LogP) is 3.46. The summed E-state index contributed by atoms with van der Waals surface area (Å²) in [5.74, 6) is -0.211. The molecule has 1 aliphatic heterocycles. The number of pyridine rings is 1. The van der Waals surface area contributed by atoms with Gasteiger partial charge in [0.05, 0.1) is 11.6 Å². The number of nitrogens with one attached hydrogen (secondary N) is 1. The zero-order valence-corrected chi connectivity index (χ0v) is 15.6. The van der Waals surface area contributed by atoms with E-state index in [4.69, 9.17) is 0 Å². The number of benzene rings is 2. The zero-order chi connectivity index (χ0) is 19.5. The molecule has 2 heterocycles. The van der Waals surface area contributed by atoms with Gasteiger partial charge in [0.25, 0.3) is 5.91 Å². The SMILES string of the molecule is CC(=O)NC1Cc2ccccc2N(C(=O)c2cncc(-c3ccccc3)c2)C1. The number of fused-ring (bicyclic) bond motifs is 1. The first-order chi connectivity index (χ1) is 13.6. The Morgan fingerprint density at radius 2 is 1.75 bits per heavy atom. The highest BCUT2D eigenvalue weighted by atomic mass is 16.2. The molecule has 4 rings (SSSR count). The Kier molecular flexibility index (Phi) is 4.89. The average Bonchev–Trinajstić information content (AvgIpc) is 2.73. The summed E-state index contributed by atoms with van der Waals surface area (Å²) in [4.78, 5) is 30.9. The lowest BCUT2D eigenvalue weighted by Crippen LogP contribution is -2.49. The van der Waals surface area contributed by atoms with E-state index >= 15 is 0 Å². The van der Waals surface area contributed by atoms with Crippen molar-refractivity contribution in [3.8, 4) is 11.1 Å². The number of hydrogen-bond acceptors (Lipinski definition) is 3. The number of para-hydroxylation sites is 1. The quantitative estimate of drug-likeness (QED) is 0.767. The number of aromatic nitrogens is 1. The standard InChI is InChI=1S/C23H21N3O2/c1-16(27)25-21-12-18-9-5-6-10-22(18)26(15-21)23(28)20-11-19(13-24-14-20)17-7-3-2-4-8-17/h2-11,13-14,21H,12,15H2,1H3,(H,25,27). The minimum absolute atomic E-state index is 0.0930. The summed E-state index contributed by atoms with van der Waals surface area (Å²) in [5, 5.41) is 2.95. The van der Waals surface area contributed by atoms with E-state index in [2.05, 4.69) is 10.3 Å². The summed E-state index contributed by atoms with van der Waals surface area (Å²) in [5.41, 5.74) is 4.38. The van der Waals surface area contributed by atoms with Crippen LogP contribution in [0.5, 0.6) is 0 Å². The minimum Gasteiger partial charge on any atom is -0.351 e. The number of carbonyl (C=O) groups excluding carboxylic acids is 2. The van der Waals surface area contributed by atoms with Crippen LogP contribution in [0, 0.1) is 0 Å². The summed E-state index contributed by atoms with van der Waals surface area (Å²) in [6.07, 6.45) is 4.07. The molecule has 1 N–H and O–H groups in total. The third kappa shape index (κ3) is 3.64. The fourth-order valence-corrected chi connectivity index (χ4v) is 3.67. The highest BCUT2D eigenvalue weighted by Gasteiger charge is 2.29. The summed E-state index contributed by atoms with van der Waals surface area (Å²) < 4.78 is 0. The topological polar surface area (TPSA) is 62.3 Å². The molecule has 0 aliphatic carbocycles. The van der Waals surface area contributed by atoms with Crippen LogP contribution in [0.4, 0.5) is 5.69 Å². The van der Waals surface area contributed by atoms with Gasteiger partial charge in [0.2, 0.25) is 5.91 Å². The molecule has 1 aliphatic rings. The maximum absolute atomic E-state index is 13.4. The van der Waals surface area contributed by atoms with Crippen LogP contribution in [0.25, 0.3) is 11.1 Å². The van der Waals surface area contributed by atoms with Crippen molar-refractivity contribution in [1.29, 1.82) is 0 Å². The lowest BCUT2D eigenvalue weighted by Gasteiger charge is -2.35. The first-order valence-electron chi connectivity index (χ1n) is 9.29. The molecule has 0 fully saturated rings. The van der Waals surface area contributed by atoms with Crippen molar-refractivity contribution in [3.63, 3.8) is 0 Å². The van der Waals surface area contributed by atoms with Crippen LogP contribution in [0.1, 0.15) is 22.8 Å². The van der Waals surface area contributed by atoms with Crippen LogP contribution >= 0.6 is 0 Å². The third-order valence-corrected chi connectivity index (χ3v) is 4.90. The van der Waals surface area contributed by atoms with Gasteiger partial charge >= 0.3 is 0 Å². The fourth-order valence-electron chi connectivity index (χ4n) is 3.67. The molecule has 0 spiro atoms. The Morgan fingerprint density at radius 1 is 1.00 bits per heavy atom. The second-order valence-corrected chi connectivity index (χ2v) is 6.97. The summed E-state index contributed by atoms with van der Waals surface area (Å²) in [6.45, 7) is 1.94. The largest absolute Gasteiger partial charge is 0.351 e. The van der Waals surface area contributed by atoms with Gasteiger partial charge < -0.3 is 10.2 Å². The molecule has 140 valence electrons. The smallest absolute Gasteiger partial charge is 0.259 e. The maximum Gasteiger partial charge on any atom is 0.259 e. The lowest BCUT2D eigenvalue weighted by molar-refractivity contribution is -0.119. The molecular weight excluding hydrogens is 350 g/mol. The second-order valence-electron chi connectivity index (χ2n) is 6.97. The first kappa shape index (κ1) is 17.9. The molecule has 0 radical (unpaired) electrons. The molecule has 28 heavy (non-hydrogen) atoms. The van der Waals surface area contributed by atoms with Gasteiger partial charge in [-0.2, -0.15) is 0 Å². The van der Waals surface area contributed by atoms with Crippen molar-refractivity contribution < 1.29 is 9.59 Å². The van der Waals surface area contributed by atoms with Crippen molar-refractivity contribution in [1.82, 2.24) is 10.3 Å². The summed E-state index contributed by atoms with van der Waals surface area (Å²) in [6, 6.07) is 19.5. The van der Waals surface area contributed by atoms with Gasteiger partial charge in [-0.05, 0) is 29.7 Å². The number of rotatable bonds is 3. The van der Waals surface area contributed by atoms with E-state index in [1.807, 2.05) is 60.7 Å². The van der Waals surface area contributed by atoms with Crippen molar-refractivity contribution in [2.24, 2.45) is 0 Å². The molecule has 5 heteroatoms. The third-order valence-electron chi connectivity index (χ3n) is 4.90. The molecule has 0 saturated carbocycles. The minimum atomic E-state index is -0.118. The van der Waals surface area contributed by atoms with Gasteiger partial charge in [-0.15, -0.1) is 0 Å². The number of hydrogen-bond donors (Lipinski definition) is 1. The van der Waals surface area contributed by atoms with E-state index in [0.29, 0.717) is 18.5 Å². The Bertz CT molecular complexity index is 1020. The van der Waals surface area contributed by atoms with Gasteiger partial charge in [-0.25, -0.2) is 0 Å². The molecule has 1 aromatic heterocycles. The maximum atomic E-state index is 13.4. The van der Waals surface area contributed by atoms with E-state index < -0.39 is 0 Å². The van der Waals surface area contributed by atoms with Gasteiger partial charge in [-0.1, -0.05) is 48.5 Å². The average molecular weight is 371 g/mol. The molecule has 1 unspecified atom stereocenters. The van der Waals surface area contributed by atoms with E-state index in [1.54, 1.807) is 17.3 Å². The Balaban J connectivity index is 1.68. The second kappa shape index (κ2) is 7.64. The van der Waals surface area contributed by atoms with Crippen LogP contribution in [0.2, 0.25) is 0 Å². The van der Waals surface area contributed by atoms with Crippen molar-refractivity contribution in [2.75, 3.05) is 11.4 Å². The van der Waals surface area contributed by atoms with Gasteiger partial charge in [0, 0.05) is 37.1 Å². The Hall–Kier alpha value is -3.47. The van der Waals surface area contributed by atoms with Gasteiger partial charge in [-0.3, -0.25) is 14.6 Å².